The van der Waals surface area contributed by atoms with Gasteiger partial charge in [0.25, 0.3) is 0 Å². The lowest BCUT2D eigenvalue weighted by molar-refractivity contribution is 0.214. The molecule has 14 heavy (non-hydrogen) atoms. The van der Waals surface area contributed by atoms with Crippen LogP contribution in [0.5, 0.6) is 0 Å². The summed E-state index contributed by atoms with van der Waals surface area (Å²) in [6.45, 7) is 2.20. The number of hydrogen-bond donors (Lipinski definition) is 2. The van der Waals surface area contributed by atoms with Crippen molar-refractivity contribution in [2.24, 2.45) is 0 Å². The monoisotopic (exact) mass is 195 g/mol. The van der Waals surface area contributed by atoms with Gasteiger partial charge in [0.15, 0.2) is 0 Å². The molecule has 1 aliphatic heterocycles. The van der Waals surface area contributed by atoms with Gasteiger partial charge in [-0.25, -0.2) is 4.68 Å². The van der Waals surface area contributed by atoms with E-state index in [1.54, 1.807) is 6.20 Å². The Hall–Kier alpha value is -1.23. The third kappa shape index (κ3) is 1.55. The Balaban J connectivity index is 2.12. The van der Waals surface area contributed by atoms with Crippen molar-refractivity contribution in [2.75, 3.05) is 31.6 Å². The maximum absolute atomic E-state index is 5.83. The van der Waals surface area contributed by atoms with E-state index in [0.29, 0.717) is 17.5 Å². The van der Waals surface area contributed by atoms with Gasteiger partial charge in [0, 0.05) is 0 Å². The van der Waals surface area contributed by atoms with E-state index in [1.165, 1.54) is 0 Å². The van der Waals surface area contributed by atoms with Gasteiger partial charge in [-0.05, 0) is 33.0 Å². The van der Waals surface area contributed by atoms with Crippen LogP contribution in [0.2, 0.25) is 0 Å². The molecule has 1 fully saturated rings. The number of hydrogen-bond acceptors (Lipinski definition) is 4. The fourth-order valence-corrected chi connectivity index (χ4v) is 1.92. The standard InChI is InChI=1S/C9H17N5/c1-13-4-2-7(3-5-13)14-9(11)8(10)6-12-14/h6-7H,2-5,10-11H2,1H3. The number of nitrogens with two attached hydrogens (primary N) is 2. The molecule has 1 aromatic rings. The lowest BCUT2D eigenvalue weighted by Gasteiger charge is -2.29. The Kier molecular flexibility index (Phi) is 2.33. The average molecular weight is 195 g/mol. The van der Waals surface area contributed by atoms with Gasteiger partial charge in [0.1, 0.15) is 5.82 Å². The summed E-state index contributed by atoms with van der Waals surface area (Å²) < 4.78 is 1.86. The second-order valence-electron chi connectivity index (χ2n) is 3.96. The first kappa shape index (κ1) is 9.33. The number of nitrogens with zero attached hydrogens (tertiary/aromatic N) is 3. The molecule has 1 saturated heterocycles. The summed E-state index contributed by atoms with van der Waals surface area (Å²) in [5, 5.41) is 4.21. The van der Waals surface area contributed by atoms with Crippen LogP contribution in [0.25, 0.3) is 0 Å². The SMILES string of the molecule is CN1CCC(n2ncc(N)c2N)CC1. The van der Waals surface area contributed by atoms with Crippen molar-refractivity contribution in [3.8, 4) is 0 Å². The first-order valence-corrected chi connectivity index (χ1v) is 4.95. The number of nitrogen functional groups attached to an aromatic ring is 2. The summed E-state index contributed by atoms with van der Waals surface area (Å²) in [5.41, 5.74) is 12.1. The van der Waals surface area contributed by atoms with Crippen LogP contribution in [-0.2, 0) is 0 Å². The highest BCUT2D eigenvalue weighted by Gasteiger charge is 2.20. The third-order valence-electron chi connectivity index (χ3n) is 2.90. The van der Waals surface area contributed by atoms with Crippen LogP contribution in [0.1, 0.15) is 18.9 Å². The molecule has 1 aliphatic rings. The van der Waals surface area contributed by atoms with Gasteiger partial charge in [-0.15, -0.1) is 0 Å². The lowest BCUT2D eigenvalue weighted by Crippen LogP contribution is -2.32. The van der Waals surface area contributed by atoms with E-state index in [1.807, 2.05) is 4.68 Å². The van der Waals surface area contributed by atoms with E-state index in [9.17, 15) is 0 Å². The van der Waals surface area contributed by atoms with E-state index in [0.717, 1.165) is 25.9 Å². The highest BCUT2D eigenvalue weighted by Crippen LogP contribution is 2.26. The van der Waals surface area contributed by atoms with E-state index >= 15 is 0 Å². The molecule has 2 rings (SSSR count). The van der Waals surface area contributed by atoms with Crippen molar-refractivity contribution in [1.29, 1.82) is 0 Å². The maximum Gasteiger partial charge on any atom is 0.145 e. The minimum absolute atomic E-state index is 0.420. The molecule has 5 heteroatoms. The summed E-state index contributed by atoms with van der Waals surface area (Å²) in [4.78, 5) is 2.32. The zero-order chi connectivity index (χ0) is 10.1. The molecular formula is C9H17N5. The molecule has 0 radical (unpaired) electrons. The number of rotatable bonds is 1. The smallest absolute Gasteiger partial charge is 0.145 e. The zero-order valence-corrected chi connectivity index (χ0v) is 8.48. The summed E-state index contributed by atoms with van der Waals surface area (Å²) in [6.07, 6.45) is 3.83. The summed E-state index contributed by atoms with van der Waals surface area (Å²) in [6, 6.07) is 0.420. The highest BCUT2D eigenvalue weighted by molar-refractivity contribution is 5.57. The van der Waals surface area contributed by atoms with Crippen molar-refractivity contribution in [2.45, 2.75) is 18.9 Å². The number of piperidine rings is 1. The van der Waals surface area contributed by atoms with Crippen LogP contribution in [0, 0.1) is 0 Å². The number of anilines is 2. The van der Waals surface area contributed by atoms with E-state index in [2.05, 4.69) is 17.0 Å². The molecule has 0 unspecified atom stereocenters. The average Bonchev–Trinajstić information content (AvgIpc) is 2.50. The van der Waals surface area contributed by atoms with Crippen LogP contribution in [-0.4, -0.2) is 34.8 Å². The van der Waals surface area contributed by atoms with Gasteiger partial charge in [-0.3, -0.25) is 0 Å². The Morgan fingerprint density at radius 2 is 2.00 bits per heavy atom. The molecule has 78 valence electrons. The lowest BCUT2D eigenvalue weighted by atomic mass is 10.1. The predicted octanol–water partition coefficient (Wildman–Crippen LogP) is 0.314. The van der Waals surface area contributed by atoms with Crippen molar-refractivity contribution in [1.82, 2.24) is 14.7 Å². The van der Waals surface area contributed by atoms with Crippen molar-refractivity contribution in [3.05, 3.63) is 6.20 Å². The molecule has 1 aromatic heterocycles. The van der Waals surface area contributed by atoms with Crippen molar-refractivity contribution in [3.63, 3.8) is 0 Å². The molecule has 0 amide bonds. The largest absolute Gasteiger partial charge is 0.394 e. The van der Waals surface area contributed by atoms with Gasteiger partial charge in [-0.2, -0.15) is 5.10 Å². The van der Waals surface area contributed by atoms with Gasteiger partial charge < -0.3 is 16.4 Å². The Morgan fingerprint density at radius 3 is 2.50 bits per heavy atom. The first-order valence-electron chi connectivity index (χ1n) is 4.95. The molecule has 0 atom stereocenters. The van der Waals surface area contributed by atoms with Crippen LogP contribution < -0.4 is 11.5 Å². The van der Waals surface area contributed by atoms with Crippen LogP contribution in [0.3, 0.4) is 0 Å². The topological polar surface area (TPSA) is 73.1 Å². The Labute approximate surface area is 83.7 Å². The molecule has 0 bridgehead atoms. The van der Waals surface area contributed by atoms with Crippen LogP contribution >= 0.6 is 0 Å². The first-order chi connectivity index (χ1) is 6.68. The minimum Gasteiger partial charge on any atom is -0.394 e. The molecule has 2 heterocycles. The molecule has 0 saturated carbocycles. The van der Waals surface area contributed by atoms with Gasteiger partial charge in [-0.1, -0.05) is 0 Å². The molecule has 0 spiro atoms. The normalized spacial score (nSPS) is 20.1. The van der Waals surface area contributed by atoms with Gasteiger partial charge >= 0.3 is 0 Å². The van der Waals surface area contributed by atoms with Crippen LogP contribution in [0.4, 0.5) is 11.5 Å². The van der Waals surface area contributed by atoms with Gasteiger partial charge in [0.05, 0.1) is 17.9 Å². The van der Waals surface area contributed by atoms with E-state index < -0.39 is 0 Å². The van der Waals surface area contributed by atoms with Crippen molar-refractivity contribution < 1.29 is 0 Å². The molecule has 5 nitrogen and oxygen atoms in total. The second-order valence-corrected chi connectivity index (χ2v) is 3.96. The maximum atomic E-state index is 5.83. The highest BCUT2D eigenvalue weighted by atomic mass is 15.3. The minimum atomic E-state index is 0.420. The zero-order valence-electron chi connectivity index (χ0n) is 8.48. The molecular weight excluding hydrogens is 178 g/mol. The fraction of sp³-hybridized carbons (Fsp3) is 0.667. The second kappa shape index (κ2) is 3.49. The molecule has 4 N–H and O–H groups in total. The predicted molar refractivity (Wildman–Crippen MR) is 56.8 cm³/mol. The quantitative estimate of drug-likeness (QED) is 0.676. The molecule has 0 aromatic carbocycles. The van der Waals surface area contributed by atoms with Gasteiger partial charge in [0.2, 0.25) is 0 Å². The summed E-state index contributed by atoms with van der Waals surface area (Å²) >= 11 is 0. The number of likely N-dealkylation sites (tertiary alicyclic amines) is 1. The summed E-state index contributed by atoms with van der Waals surface area (Å²) in [5.74, 6) is 0.611. The van der Waals surface area contributed by atoms with Crippen molar-refractivity contribution >= 4 is 11.5 Å². The third-order valence-corrected chi connectivity index (χ3v) is 2.90. The molecule has 0 aliphatic carbocycles. The Morgan fingerprint density at radius 1 is 1.36 bits per heavy atom. The fourth-order valence-electron chi connectivity index (χ4n) is 1.92. The summed E-state index contributed by atoms with van der Waals surface area (Å²) in [7, 11) is 2.14. The Bertz CT molecular complexity index is 311. The van der Waals surface area contributed by atoms with Crippen LogP contribution in [0.15, 0.2) is 6.20 Å². The number of aromatic nitrogens is 2. The van der Waals surface area contributed by atoms with E-state index in [-0.39, 0.29) is 0 Å². The van der Waals surface area contributed by atoms with E-state index in [4.69, 9.17) is 11.5 Å².